The van der Waals surface area contributed by atoms with Gasteiger partial charge < -0.3 is 9.32 Å². The predicted octanol–water partition coefficient (Wildman–Crippen LogP) is -6.61. The van der Waals surface area contributed by atoms with Crippen LogP contribution in [0.2, 0.25) is 0 Å². The first-order chi connectivity index (χ1) is 34.2. The van der Waals surface area contributed by atoms with E-state index in [-0.39, 0.29) is 0 Å². The molecule has 15 heteroatoms. The number of rotatable bonds is 7. The summed E-state index contributed by atoms with van der Waals surface area (Å²) >= 11 is 0. The molecule has 71 heavy (non-hydrogen) atoms. The molecule has 1 aromatic heterocycles. The maximum Gasteiger partial charge on any atom is 0.143 e. The van der Waals surface area contributed by atoms with Gasteiger partial charge in [-0.15, -0.1) is 16.4 Å². The van der Waals surface area contributed by atoms with Gasteiger partial charge >= 0.3 is 0 Å². The van der Waals surface area contributed by atoms with Crippen molar-refractivity contribution in [2.45, 2.75) is 0 Å². The van der Waals surface area contributed by atoms with Crippen molar-refractivity contribution in [3.05, 3.63) is 146 Å². The molecule has 11 rings (SSSR count). The van der Waals surface area contributed by atoms with Crippen LogP contribution in [0.15, 0.2) is 150 Å². The van der Waals surface area contributed by atoms with Crippen LogP contribution in [0.1, 0.15) is 0 Å². The van der Waals surface area contributed by atoms with E-state index >= 15 is 0 Å². The number of anilines is 3. The molecule has 0 aliphatic rings. The zero-order chi connectivity index (χ0) is 49.7. The minimum absolute atomic E-state index is 0.896. The lowest BCUT2D eigenvalue weighted by molar-refractivity contribution is 0.673. The van der Waals surface area contributed by atoms with Crippen molar-refractivity contribution in [3.63, 3.8) is 0 Å². The Morgan fingerprint density at radius 2 is 0.803 bits per heavy atom. The fourth-order valence-corrected chi connectivity index (χ4v) is 12.1. The minimum Gasteiger partial charge on any atom is -0.455 e. The molecule has 1 heterocycles. The van der Waals surface area contributed by atoms with E-state index in [1.165, 1.54) is 126 Å². The molecule has 11 aromatic rings. The molecule has 0 aliphatic heterocycles. The number of hydrogen-bond donors (Lipinski definition) is 0. The monoisotopic (exact) mass is 896 g/mol. The Balaban J connectivity index is 1.10. The van der Waals surface area contributed by atoms with Crippen LogP contribution in [0.3, 0.4) is 0 Å². The molecule has 0 bridgehead atoms. The molecule has 0 amide bonds. The molecular formula is C56H50B13NO. The van der Waals surface area contributed by atoms with Crippen molar-refractivity contribution < 1.29 is 4.42 Å². The van der Waals surface area contributed by atoms with Crippen molar-refractivity contribution >= 4 is 234 Å². The van der Waals surface area contributed by atoms with E-state index in [0.717, 1.165) is 49.8 Å². The van der Waals surface area contributed by atoms with E-state index in [4.69, 9.17) is 4.42 Å². The van der Waals surface area contributed by atoms with E-state index in [0.29, 0.717) is 0 Å². The van der Waals surface area contributed by atoms with Gasteiger partial charge in [0, 0.05) is 33.2 Å². The van der Waals surface area contributed by atoms with Crippen molar-refractivity contribution in [3.8, 4) is 44.5 Å². The van der Waals surface area contributed by atoms with E-state index in [1.54, 1.807) is 0 Å². The van der Waals surface area contributed by atoms with Crippen LogP contribution in [0.4, 0.5) is 17.1 Å². The maximum absolute atomic E-state index is 6.69. The largest absolute Gasteiger partial charge is 0.455 e. The molecular weight excluding hydrogens is 843 g/mol. The van der Waals surface area contributed by atoms with E-state index < -0.39 is 0 Å². The number of benzene rings is 10. The van der Waals surface area contributed by atoms with Crippen molar-refractivity contribution in [1.29, 1.82) is 0 Å². The number of nitrogens with zero attached hydrogens (tertiary/aromatic N) is 1. The zero-order valence-corrected chi connectivity index (χ0v) is 43.7. The highest BCUT2D eigenvalue weighted by molar-refractivity contribution is 6.72. The summed E-state index contributed by atoms with van der Waals surface area (Å²) in [6, 6.07) is 53.1. The summed E-state index contributed by atoms with van der Waals surface area (Å²) in [5, 5.41) is 7.08. The maximum atomic E-state index is 6.69. The Labute approximate surface area is 430 Å². The molecule has 0 fully saturated rings. The smallest absolute Gasteiger partial charge is 0.143 e. The van der Waals surface area contributed by atoms with Crippen LogP contribution in [0, 0.1) is 0 Å². The second kappa shape index (κ2) is 17.8. The Kier molecular flexibility index (Phi) is 11.7. The first-order valence-electron chi connectivity index (χ1n) is 25.3. The molecule has 0 saturated carbocycles. The van der Waals surface area contributed by atoms with Gasteiger partial charge in [-0.1, -0.05) is 158 Å². The second-order valence-electron chi connectivity index (χ2n) is 20.4. The molecule has 0 aliphatic carbocycles. The van der Waals surface area contributed by atoms with Gasteiger partial charge in [-0.05, 0) is 103 Å². The average molecular weight is 894 g/mol. The van der Waals surface area contributed by atoms with Gasteiger partial charge in [-0.25, -0.2) is 0 Å². The topological polar surface area (TPSA) is 16.4 Å². The number of fused-ring (bicyclic) bond motifs is 6. The van der Waals surface area contributed by atoms with Gasteiger partial charge in [0.2, 0.25) is 0 Å². The quantitative estimate of drug-likeness (QED) is 0.148. The Hall–Kier alpha value is -6.84. The summed E-state index contributed by atoms with van der Waals surface area (Å²) in [5.41, 5.74) is 33.1. The standard InChI is InChI=1S/C56H50B13NO/c57-42-38(40-46(61)50(65)52(67)51(66)47(40)62)43(58)45(60)39(44(42)59)41-48(63)53(68)55(54(69)49(41)64)70(31-20-17-26(18-21-31)29-16-15-25-7-1-2-9-28(25)23-29)32-11-5-10-30(24-32)33-13-6-14-36-37(33)35-22-19-27-8-3-4-12-34(27)56(35)71-36/h1-24H,57-69H2. The molecule has 0 spiro atoms. The van der Waals surface area contributed by atoms with Crippen molar-refractivity contribution in [1.82, 2.24) is 0 Å². The summed E-state index contributed by atoms with van der Waals surface area (Å²) in [5.74, 6) is 0. The van der Waals surface area contributed by atoms with Crippen LogP contribution in [0.25, 0.3) is 88.0 Å². The van der Waals surface area contributed by atoms with Gasteiger partial charge in [0.05, 0.1) is 0 Å². The van der Waals surface area contributed by atoms with Gasteiger partial charge in [0.25, 0.3) is 0 Å². The van der Waals surface area contributed by atoms with Crippen LogP contribution in [-0.2, 0) is 0 Å². The molecule has 10 aromatic carbocycles. The highest BCUT2D eigenvalue weighted by Crippen LogP contribution is 2.42. The Bertz CT molecular complexity index is 3970. The fraction of sp³-hybridized carbons (Fsp3) is 0. The average Bonchev–Trinajstić information content (AvgIpc) is 3.79. The molecule has 0 saturated heterocycles. The van der Waals surface area contributed by atoms with Crippen molar-refractivity contribution in [2.24, 2.45) is 0 Å². The van der Waals surface area contributed by atoms with E-state index in [1.807, 2.05) is 0 Å². The molecule has 0 atom stereocenters. The van der Waals surface area contributed by atoms with Gasteiger partial charge in [0.1, 0.15) is 113 Å². The van der Waals surface area contributed by atoms with E-state index in [2.05, 4.69) is 252 Å². The fourth-order valence-electron chi connectivity index (χ4n) is 12.1. The van der Waals surface area contributed by atoms with Gasteiger partial charge in [-0.2, -0.15) is 0 Å². The lowest BCUT2D eigenvalue weighted by Crippen LogP contribution is -2.57. The first kappa shape index (κ1) is 46.5. The number of hydrogen-bond acceptors (Lipinski definition) is 2. The summed E-state index contributed by atoms with van der Waals surface area (Å²) in [6.07, 6.45) is 0. The molecule has 324 valence electrons. The van der Waals surface area contributed by atoms with Crippen LogP contribution < -0.4 is 75.9 Å². The highest BCUT2D eigenvalue weighted by Gasteiger charge is 2.27. The van der Waals surface area contributed by atoms with Gasteiger partial charge in [-0.3, -0.25) is 0 Å². The molecule has 0 radical (unpaired) electrons. The lowest BCUT2D eigenvalue weighted by Gasteiger charge is -2.34. The molecule has 0 unspecified atom stereocenters. The second-order valence-corrected chi connectivity index (χ2v) is 20.4. The third-order valence-corrected chi connectivity index (χ3v) is 16.9. The predicted molar refractivity (Wildman–Crippen MR) is 351 cm³/mol. The zero-order valence-electron chi connectivity index (χ0n) is 43.7. The Morgan fingerprint density at radius 1 is 0.310 bits per heavy atom. The SMILES string of the molecule is Bc1c(B)c(B)c(-c2c(B)c(B)c(-c3c(B)c(B)c(N(c4ccc(-c5ccc6ccccc6c5)cc4)c4cccc(-c5cccc6oc7c8ccccc8ccc7c56)c4)c(B)c3B)c(B)c2B)c(B)c1B. The van der Waals surface area contributed by atoms with Crippen molar-refractivity contribution in [2.75, 3.05) is 4.90 Å². The van der Waals surface area contributed by atoms with E-state index in [9.17, 15) is 0 Å². The molecule has 0 N–H and O–H groups in total. The van der Waals surface area contributed by atoms with Crippen LogP contribution >= 0.6 is 0 Å². The van der Waals surface area contributed by atoms with Crippen LogP contribution in [-0.4, -0.2) is 102 Å². The first-order valence-corrected chi connectivity index (χ1v) is 25.3. The Morgan fingerprint density at radius 3 is 1.42 bits per heavy atom. The highest BCUT2D eigenvalue weighted by atomic mass is 16.3. The third kappa shape index (κ3) is 7.36. The summed E-state index contributed by atoms with van der Waals surface area (Å²) < 4.78 is 6.69. The van der Waals surface area contributed by atoms with Crippen LogP contribution in [0.5, 0.6) is 0 Å². The number of furan rings is 1. The molecule has 2 nitrogen and oxygen atoms in total. The lowest BCUT2D eigenvalue weighted by atomic mass is 9.55. The third-order valence-electron chi connectivity index (χ3n) is 16.9. The summed E-state index contributed by atoms with van der Waals surface area (Å²) in [6.45, 7) is 0. The normalized spacial score (nSPS) is 11.5. The summed E-state index contributed by atoms with van der Waals surface area (Å²) in [4.78, 5) is 2.51. The summed E-state index contributed by atoms with van der Waals surface area (Å²) in [7, 11) is 30.3. The van der Waals surface area contributed by atoms with Gasteiger partial charge in [0.15, 0.2) is 0 Å². The minimum atomic E-state index is 0.896.